The summed E-state index contributed by atoms with van der Waals surface area (Å²) in [6.07, 6.45) is 5.40. The third-order valence-corrected chi connectivity index (χ3v) is 3.14. The zero-order chi connectivity index (χ0) is 12.4. The van der Waals surface area contributed by atoms with Crippen LogP contribution in [-0.4, -0.2) is 24.4 Å². The first-order valence-electron chi connectivity index (χ1n) is 5.50. The van der Waals surface area contributed by atoms with Crippen LogP contribution in [0.2, 0.25) is 0 Å². The largest absolute Gasteiger partial charge is 0.380 e. The minimum absolute atomic E-state index is 0.631. The number of aromatic nitrogens is 4. The molecule has 0 saturated heterocycles. The van der Waals surface area contributed by atoms with Gasteiger partial charge in [-0.15, -0.1) is 0 Å². The Morgan fingerprint density at radius 3 is 2.88 bits per heavy atom. The number of rotatable bonds is 4. The average Bonchev–Trinajstić information content (AvgIpc) is 2.86. The summed E-state index contributed by atoms with van der Waals surface area (Å²) in [6, 6.07) is 0. The van der Waals surface area contributed by atoms with Crippen LogP contribution < -0.4 is 0 Å². The Labute approximate surface area is 108 Å². The van der Waals surface area contributed by atoms with Crippen LogP contribution in [0, 0.1) is 0 Å². The lowest BCUT2D eigenvalue weighted by Crippen LogP contribution is -2.11. The fourth-order valence-corrected chi connectivity index (χ4v) is 2.26. The summed E-state index contributed by atoms with van der Waals surface area (Å²) in [5.41, 5.74) is 1.39. The van der Waals surface area contributed by atoms with Crippen molar-refractivity contribution in [1.82, 2.24) is 19.3 Å². The van der Waals surface area contributed by atoms with Crippen LogP contribution in [0.4, 0.5) is 0 Å². The van der Waals surface area contributed by atoms with Gasteiger partial charge in [0.2, 0.25) is 0 Å². The fourth-order valence-electron chi connectivity index (χ4n) is 1.75. The molecule has 17 heavy (non-hydrogen) atoms. The molecule has 6 heteroatoms. The maximum Gasteiger partial charge on any atom is 0.140 e. The van der Waals surface area contributed by atoms with Crippen LogP contribution >= 0.6 is 15.9 Å². The van der Waals surface area contributed by atoms with Gasteiger partial charge in [0, 0.05) is 19.8 Å². The van der Waals surface area contributed by atoms with Gasteiger partial charge >= 0.3 is 0 Å². The van der Waals surface area contributed by atoms with Gasteiger partial charge in [-0.25, -0.2) is 4.98 Å². The fraction of sp³-hybridized carbons (Fsp3) is 0.455. The van der Waals surface area contributed by atoms with Crippen molar-refractivity contribution in [2.75, 3.05) is 0 Å². The van der Waals surface area contributed by atoms with Crippen molar-refractivity contribution < 1.29 is 5.11 Å². The Kier molecular flexibility index (Phi) is 3.63. The lowest BCUT2D eigenvalue weighted by atomic mass is 10.2. The highest BCUT2D eigenvalue weighted by Gasteiger charge is 2.21. The highest BCUT2D eigenvalue weighted by Crippen LogP contribution is 2.27. The van der Waals surface area contributed by atoms with E-state index in [4.69, 9.17) is 0 Å². The van der Waals surface area contributed by atoms with Crippen LogP contribution in [0.15, 0.2) is 23.2 Å². The average molecular weight is 299 g/mol. The van der Waals surface area contributed by atoms with Gasteiger partial charge in [0.05, 0.1) is 28.4 Å². The summed E-state index contributed by atoms with van der Waals surface area (Å²) in [7, 11) is 1.88. The predicted molar refractivity (Wildman–Crippen MR) is 67.5 cm³/mol. The van der Waals surface area contributed by atoms with E-state index in [1.54, 1.807) is 18.7 Å². The number of aliphatic hydroxyl groups is 1. The molecule has 1 unspecified atom stereocenters. The van der Waals surface area contributed by atoms with Crippen molar-refractivity contribution in [3.05, 3.63) is 34.6 Å². The van der Waals surface area contributed by atoms with Crippen molar-refractivity contribution in [3.63, 3.8) is 0 Å². The first-order chi connectivity index (χ1) is 8.13. The molecule has 0 aliphatic heterocycles. The normalized spacial score (nSPS) is 12.9. The van der Waals surface area contributed by atoms with Gasteiger partial charge in [-0.3, -0.25) is 4.68 Å². The zero-order valence-corrected chi connectivity index (χ0v) is 11.4. The number of aryl methyl sites for hydroxylation is 2. The predicted octanol–water partition coefficient (Wildman–Crippen LogP) is 1.87. The lowest BCUT2D eigenvalue weighted by Gasteiger charge is -2.11. The molecular formula is C11H15BrN4O. The Morgan fingerprint density at radius 2 is 2.29 bits per heavy atom. The zero-order valence-electron chi connectivity index (χ0n) is 9.84. The second kappa shape index (κ2) is 5.01. The number of imidazole rings is 1. The molecule has 0 fully saturated rings. The highest BCUT2D eigenvalue weighted by molar-refractivity contribution is 9.10. The van der Waals surface area contributed by atoms with E-state index in [1.165, 1.54) is 0 Å². The second-order valence-electron chi connectivity index (χ2n) is 3.97. The number of halogens is 1. The minimum atomic E-state index is -0.750. The van der Waals surface area contributed by atoms with Gasteiger partial charge in [-0.1, -0.05) is 6.92 Å². The number of nitrogens with zero attached hydrogens (tertiary/aromatic N) is 4. The molecule has 2 aromatic rings. The number of hydrogen-bond acceptors (Lipinski definition) is 3. The molecule has 5 nitrogen and oxygen atoms in total. The van der Waals surface area contributed by atoms with Gasteiger partial charge in [0.15, 0.2) is 0 Å². The van der Waals surface area contributed by atoms with Crippen LogP contribution in [0.5, 0.6) is 0 Å². The van der Waals surface area contributed by atoms with E-state index in [0.29, 0.717) is 5.69 Å². The Hall–Kier alpha value is -1.14. The molecule has 2 aromatic heterocycles. The summed E-state index contributed by atoms with van der Waals surface area (Å²) in [5, 5.41) is 14.5. The SMILES string of the molecule is CCCn1ncc(Br)c1C(O)c1cn(C)cn1. The monoisotopic (exact) mass is 298 g/mol. The van der Waals surface area contributed by atoms with E-state index >= 15 is 0 Å². The van der Waals surface area contributed by atoms with E-state index in [0.717, 1.165) is 23.1 Å². The molecule has 92 valence electrons. The molecule has 1 atom stereocenters. The quantitative estimate of drug-likeness (QED) is 0.937. The van der Waals surface area contributed by atoms with E-state index in [9.17, 15) is 5.11 Å². The van der Waals surface area contributed by atoms with Gasteiger partial charge in [-0.2, -0.15) is 5.10 Å². The van der Waals surface area contributed by atoms with E-state index in [1.807, 2.05) is 16.3 Å². The molecule has 0 aliphatic carbocycles. The second-order valence-corrected chi connectivity index (χ2v) is 4.82. The Balaban J connectivity index is 2.35. The van der Waals surface area contributed by atoms with Gasteiger partial charge in [-0.05, 0) is 22.4 Å². The van der Waals surface area contributed by atoms with Crippen molar-refractivity contribution in [1.29, 1.82) is 0 Å². The number of hydrogen-bond donors (Lipinski definition) is 1. The lowest BCUT2D eigenvalue weighted by molar-refractivity contribution is 0.202. The highest BCUT2D eigenvalue weighted by atomic mass is 79.9. The molecule has 0 spiro atoms. The van der Waals surface area contributed by atoms with Gasteiger partial charge < -0.3 is 9.67 Å². The smallest absolute Gasteiger partial charge is 0.140 e. The summed E-state index contributed by atoms with van der Waals surface area (Å²) in [6.45, 7) is 2.86. The first kappa shape index (κ1) is 12.3. The summed E-state index contributed by atoms with van der Waals surface area (Å²) in [5.74, 6) is 0. The van der Waals surface area contributed by atoms with E-state index < -0.39 is 6.10 Å². The molecule has 2 heterocycles. The van der Waals surface area contributed by atoms with Crippen LogP contribution in [0.1, 0.15) is 30.8 Å². The standard InChI is InChI=1S/C11H15BrN4O/c1-3-4-16-10(8(12)5-14-16)11(17)9-6-15(2)7-13-9/h5-7,11,17H,3-4H2,1-2H3. The van der Waals surface area contributed by atoms with E-state index in [-0.39, 0.29) is 0 Å². The Morgan fingerprint density at radius 1 is 1.53 bits per heavy atom. The van der Waals surface area contributed by atoms with Crippen molar-refractivity contribution in [2.45, 2.75) is 26.0 Å². The maximum absolute atomic E-state index is 10.3. The summed E-state index contributed by atoms with van der Waals surface area (Å²) in [4.78, 5) is 4.17. The molecule has 0 bridgehead atoms. The molecule has 0 radical (unpaired) electrons. The molecular weight excluding hydrogens is 284 g/mol. The van der Waals surface area contributed by atoms with Gasteiger partial charge in [0.25, 0.3) is 0 Å². The molecule has 1 N–H and O–H groups in total. The van der Waals surface area contributed by atoms with Crippen LogP contribution in [-0.2, 0) is 13.6 Å². The van der Waals surface area contributed by atoms with Crippen molar-refractivity contribution in [3.8, 4) is 0 Å². The maximum atomic E-state index is 10.3. The summed E-state index contributed by atoms with van der Waals surface area (Å²) >= 11 is 3.41. The topological polar surface area (TPSA) is 55.9 Å². The first-order valence-corrected chi connectivity index (χ1v) is 6.30. The number of aliphatic hydroxyl groups excluding tert-OH is 1. The van der Waals surface area contributed by atoms with Crippen LogP contribution in [0.3, 0.4) is 0 Å². The Bertz CT molecular complexity index is 505. The van der Waals surface area contributed by atoms with E-state index in [2.05, 4.69) is 32.9 Å². The molecule has 0 aliphatic rings. The van der Waals surface area contributed by atoms with Crippen molar-refractivity contribution >= 4 is 15.9 Å². The molecule has 0 saturated carbocycles. The third kappa shape index (κ3) is 2.42. The van der Waals surface area contributed by atoms with Crippen LogP contribution in [0.25, 0.3) is 0 Å². The minimum Gasteiger partial charge on any atom is -0.380 e. The van der Waals surface area contributed by atoms with Crippen molar-refractivity contribution in [2.24, 2.45) is 7.05 Å². The third-order valence-electron chi connectivity index (χ3n) is 2.53. The summed E-state index contributed by atoms with van der Waals surface area (Å²) < 4.78 is 4.43. The molecule has 0 amide bonds. The molecule has 2 rings (SSSR count). The molecule has 0 aromatic carbocycles. The van der Waals surface area contributed by atoms with Gasteiger partial charge in [0.1, 0.15) is 6.10 Å².